The molecule has 0 N–H and O–H groups in total. The molecule has 0 spiro atoms. The van der Waals surface area contributed by atoms with Gasteiger partial charge in [0.15, 0.2) is 0 Å². The first-order valence-corrected chi connectivity index (χ1v) is 11.2. The molecule has 156 valence electrons. The minimum atomic E-state index is 0.530. The van der Waals surface area contributed by atoms with Gasteiger partial charge in [-0.2, -0.15) is 8.75 Å². The van der Waals surface area contributed by atoms with E-state index in [4.69, 9.17) is 4.74 Å². The monoisotopic (exact) mass is 434 g/mol. The molecule has 0 radical (unpaired) electrons. The Morgan fingerprint density at radius 3 is 1.88 bits per heavy atom. The first-order chi connectivity index (χ1) is 15.7. The van der Waals surface area contributed by atoms with Gasteiger partial charge in [-0.3, -0.25) is 0 Å². The SMILES string of the molecule is C=Cc1ccc(COc2ccc(-c3ccc(-c4ccc(C)cc4)c4nsnc34)cc2)cc1. The number of aromatic nitrogens is 2. The van der Waals surface area contributed by atoms with E-state index in [2.05, 4.69) is 82.9 Å². The highest BCUT2D eigenvalue weighted by molar-refractivity contribution is 7.00. The Labute approximate surface area is 192 Å². The number of rotatable bonds is 6. The number of nitrogens with zero attached hydrogens (tertiary/aromatic N) is 2. The molecular formula is C28H22N2OS. The average molecular weight is 435 g/mol. The van der Waals surface area contributed by atoms with Gasteiger partial charge < -0.3 is 4.74 Å². The Balaban J connectivity index is 1.38. The fourth-order valence-electron chi connectivity index (χ4n) is 3.71. The zero-order valence-electron chi connectivity index (χ0n) is 17.8. The quantitative estimate of drug-likeness (QED) is 0.277. The maximum absolute atomic E-state index is 5.96. The first kappa shape index (κ1) is 20.2. The van der Waals surface area contributed by atoms with Gasteiger partial charge >= 0.3 is 0 Å². The smallest absolute Gasteiger partial charge is 0.119 e. The van der Waals surface area contributed by atoms with E-state index in [9.17, 15) is 0 Å². The molecule has 1 aromatic heterocycles. The average Bonchev–Trinajstić information content (AvgIpc) is 3.34. The maximum Gasteiger partial charge on any atom is 0.119 e. The van der Waals surface area contributed by atoms with Crippen LogP contribution in [0.15, 0.2) is 91.5 Å². The number of fused-ring (bicyclic) bond motifs is 1. The predicted molar refractivity (Wildman–Crippen MR) is 134 cm³/mol. The molecule has 0 aliphatic rings. The van der Waals surface area contributed by atoms with Crippen LogP contribution in [-0.4, -0.2) is 8.75 Å². The predicted octanol–water partition coefficient (Wildman–Crippen LogP) is 7.56. The highest BCUT2D eigenvalue weighted by Crippen LogP contribution is 2.35. The summed E-state index contributed by atoms with van der Waals surface area (Å²) in [5.41, 5.74) is 9.80. The zero-order chi connectivity index (χ0) is 21.9. The summed E-state index contributed by atoms with van der Waals surface area (Å²) in [7, 11) is 0. The second-order valence-electron chi connectivity index (χ2n) is 7.75. The lowest BCUT2D eigenvalue weighted by Crippen LogP contribution is -1.95. The topological polar surface area (TPSA) is 35.0 Å². The number of ether oxygens (including phenoxy) is 1. The molecule has 0 aliphatic carbocycles. The molecule has 5 aromatic rings. The second kappa shape index (κ2) is 8.77. The molecular weight excluding hydrogens is 412 g/mol. The number of benzene rings is 4. The van der Waals surface area contributed by atoms with E-state index in [0.717, 1.165) is 50.2 Å². The Morgan fingerprint density at radius 2 is 1.31 bits per heavy atom. The largest absolute Gasteiger partial charge is 0.489 e. The van der Waals surface area contributed by atoms with Crippen molar-refractivity contribution in [2.45, 2.75) is 13.5 Å². The summed E-state index contributed by atoms with van der Waals surface area (Å²) in [5, 5.41) is 0. The molecule has 0 bridgehead atoms. The van der Waals surface area contributed by atoms with E-state index in [1.165, 1.54) is 17.3 Å². The summed E-state index contributed by atoms with van der Waals surface area (Å²) in [4.78, 5) is 0. The van der Waals surface area contributed by atoms with Gasteiger partial charge in [-0.15, -0.1) is 0 Å². The molecule has 0 fully saturated rings. The third-order valence-corrected chi connectivity index (χ3v) is 6.09. The summed E-state index contributed by atoms with van der Waals surface area (Å²) < 4.78 is 15.2. The van der Waals surface area contributed by atoms with Gasteiger partial charge in [-0.1, -0.05) is 91.0 Å². The Hall–Kier alpha value is -3.76. The van der Waals surface area contributed by atoms with Gasteiger partial charge in [0.25, 0.3) is 0 Å². The molecule has 0 atom stereocenters. The van der Waals surface area contributed by atoms with E-state index in [0.29, 0.717) is 6.61 Å². The summed E-state index contributed by atoms with van der Waals surface area (Å²) in [6.07, 6.45) is 1.84. The van der Waals surface area contributed by atoms with Gasteiger partial charge in [-0.05, 0) is 41.3 Å². The molecule has 4 aromatic carbocycles. The van der Waals surface area contributed by atoms with E-state index < -0.39 is 0 Å². The van der Waals surface area contributed by atoms with Crippen LogP contribution < -0.4 is 4.74 Å². The van der Waals surface area contributed by atoms with Crippen LogP contribution in [-0.2, 0) is 6.61 Å². The van der Waals surface area contributed by atoms with Crippen LogP contribution in [0.3, 0.4) is 0 Å². The lowest BCUT2D eigenvalue weighted by atomic mass is 9.97. The van der Waals surface area contributed by atoms with Crippen molar-refractivity contribution in [2.75, 3.05) is 0 Å². The van der Waals surface area contributed by atoms with Gasteiger partial charge in [0, 0.05) is 11.1 Å². The molecule has 0 aliphatic heterocycles. The Bertz CT molecular complexity index is 1370. The normalized spacial score (nSPS) is 10.9. The number of hydrogen-bond donors (Lipinski definition) is 0. The van der Waals surface area contributed by atoms with Crippen LogP contribution in [0.1, 0.15) is 16.7 Å². The summed E-state index contributed by atoms with van der Waals surface area (Å²) >= 11 is 1.25. The second-order valence-corrected chi connectivity index (χ2v) is 8.28. The minimum Gasteiger partial charge on any atom is -0.489 e. The standard InChI is InChI=1S/C28H22N2OS/c1-3-20-6-8-21(9-7-20)18-31-24-14-12-23(13-15-24)26-17-16-25(27-28(26)30-32-29-27)22-10-4-19(2)5-11-22/h3-17H,1,18H2,2H3. The number of hydrogen-bond acceptors (Lipinski definition) is 4. The van der Waals surface area contributed by atoms with E-state index in [1.54, 1.807) is 0 Å². The summed E-state index contributed by atoms with van der Waals surface area (Å²) in [6, 6.07) is 29.2. The van der Waals surface area contributed by atoms with Crippen LogP contribution >= 0.6 is 11.7 Å². The molecule has 3 nitrogen and oxygen atoms in total. The van der Waals surface area contributed by atoms with Gasteiger partial charge in [0.2, 0.25) is 0 Å². The van der Waals surface area contributed by atoms with Crippen LogP contribution in [0.5, 0.6) is 5.75 Å². The molecule has 0 saturated carbocycles. The number of aryl methyl sites for hydroxylation is 1. The van der Waals surface area contributed by atoms with Crippen molar-refractivity contribution in [1.82, 2.24) is 8.75 Å². The molecule has 4 heteroatoms. The maximum atomic E-state index is 5.96. The Morgan fingerprint density at radius 1 is 0.750 bits per heavy atom. The molecule has 0 unspecified atom stereocenters. The van der Waals surface area contributed by atoms with Crippen LogP contribution in [0.4, 0.5) is 0 Å². The third-order valence-electron chi connectivity index (χ3n) is 5.56. The summed E-state index contributed by atoms with van der Waals surface area (Å²) in [5.74, 6) is 0.838. The molecule has 0 amide bonds. The van der Waals surface area contributed by atoms with Gasteiger partial charge in [-0.25, -0.2) is 0 Å². The fraction of sp³-hybridized carbons (Fsp3) is 0.0714. The molecule has 32 heavy (non-hydrogen) atoms. The molecule has 5 rings (SSSR count). The lowest BCUT2D eigenvalue weighted by Gasteiger charge is -2.10. The zero-order valence-corrected chi connectivity index (χ0v) is 18.6. The molecule has 0 saturated heterocycles. The van der Waals surface area contributed by atoms with Crippen molar-refractivity contribution < 1.29 is 4.74 Å². The Kier molecular flexibility index (Phi) is 5.53. The highest BCUT2D eigenvalue weighted by atomic mass is 32.1. The van der Waals surface area contributed by atoms with Crippen molar-refractivity contribution in [1.29, 1.82) is 0 Å². The summed E-state index contributed by atoms with van der Waals surface area (Å²) in [6.45, 7) is 6.41. The van der Waals surface area contributed by atoms with E-state index in [1.807, 2.05) is 30.3 Å². The van der Waals surface area contributed by atoms with Crippen LogP contribution in [0.25, 0.3) is 39.4 Å². The fourth-order valence-corrected chi connectivity index (χ4v) is 4.29. The van der Waals surface area contributed by atoms with Gasteiger partial charge in [0.05, 0.1) is 11.7 Å². The van der Waals surface area contributed by atoms with Crippen molar-refractivity contribution in [3.8, 4) is 28.0 Å². The van der Waals surface area contributed by atoms with E-state index >= 15 is 0 Å². The van der Waals surface area contributed by atoms with Crippen molar-refractivity contribution in [3.63, 3.8) is 0 Å². The highest BCUT2D eigenvalue weighted by Gasteiger charge is 2.13. The lowest BCUT2D eigenvalue weighted by molar-refractivity contribution is 0.306. The van der Waals surface area contributed by atoms with Crippen molar-refractivity contribution >= 4 is 28.8 Å². The third kappa shape index (κ3) is 4.05. The first-order valence-electron chi connectivity index (χ1n) is 10.5. The van der Waals surface area contributed by atoms with Crippen molar-refractivity contribution in [2.24, 2.45) is 0 Å². The van der Waals surface area contributed by atoms with E-state index in [-0.39, 0.29) is 0 Å². The molecule has 1 heterocycles. The van der Waals surface area contributed by atoms with Crippen LogP contribution in [0.2, 0.25) is 0 Å². The van der Waals surface area contributed by atoms with Crippen molar-refractivity contribution in [3.05, 3.63) is 108 Å². The van der Waals surface area contributed by atoms with Crippen LogP contribution in [0, 0.1) is 6.92 Å². The minimum absolute atomic E-state index is 0.530. The van der Waals surface area contributed by atoms with Gasteiger partial charge in [0.1, 0.15) is 23.4 Å².